The van der Waals surface area contributed by atoms with Crippen molar-refractivity contribution in [2.24, 2.45) is 5.92 Å². The number of likely N-dealkylation sites (tertiary alicyclic amines) is 1. The van der Waals surface area contributed by atoms with Crippen LogP contribution in [0.15, 0.2) is 0 Å². The van der Waals surface area contributed by atoms with Crippen molar-refractivity contribution < 1.29 is 4.74 Å². The highest BCUT2D eigenvalue weighted by atomic mass is 35.5. The highest BCUT2D eigenvalue weighted by Crippen LogP contribution is 2.30. The highest BCUT2D eigenvalue weighted by Gasteiger charge is 2.42. The molecule has 0 spiro atoms. The van der Waals surface area contributed by atoms with Gasteiger partial charge in [0.15, 0.2) is 0 Å². The third-order valence-electron chi connectivity index (χ3n) is 4.31. The van der Waals surface area contributed by atoms with Gasteiger partial charge in [0.1, 0.15) is 5.72 Å². The van der Waals surface area contributed by atoms with Gasteiger partial charge in [0, 0.05) is 12.6 Å². The van der Waals surface area contributed by atoms with E-state index in [0.717, 1.165) is 13.2 Å². The van der Waals surface area contributed by atoms with Gasteiger partial charge in [0.05, 0.1) is 12.6 Å². The van der Waals surface area contributed by atoms with E-state index in [0.29, 0.717) is 18.0 Å². The Bertz CT molecular complexity index is 252. The van der Waals surface area contributed by atoms with Gasteiger partial charge in [-0.1, -0.05) is 13.3 Å². The second-order valence-corrected chi connectivity index (χ2v) is 6.25. The summed E-state index contributed by atoms with van der Waals surface area (Å²) in [6.07, 6.45) is 3.93. The van der Waals surface area contributed by atoms with Gasteiger partial charge in [0.25, 0.3) is 0 Å². The molecule has 0 radical (unpaired) electrons. The number of nitrogens with one attached hydrogen (secondary N) is 1. The van der Waals surface area contributed by atoms with E-state index in [1.807, 2.05) is 0 Å². The molecule has 2 fully saturated rings. The van der Waals surface area contributed by atoms with Crippen LogP contribution in [0, 0.1) is 5.92 Å². The summed E-state index contributed by atoms with van der Waals surface area (Å²) in [5.74, 6) is 0.638. The molecule has 3 unspecified atom stereocenters. The van der Waals surface area contributed by atoms with E-state index in [4.69, 9.17) is 4.74 Å². The van der Waals surface area contributed by atoms with Crippen LogP contribution in [-0.4, -0.2) is 42.4 Å². The van der Waals surface area contributed by atoms with Gasteiger partial charge in [-0.15, -0.1) is 12.4 Å². The first kappa shape index (κ1) is 16.2. The van der Waals surface area contributed by atoms with E-state index in [2.05, 4.69) is 37.9 Å². The standard InChI is InChI=1S/C14H28N2O.ClH/c1-11(2)16-8-6-5-7-13(16)14(4)15-9-12(3)10-17-14;/h11-13,15H,5-10H2,1-4H3;1H. The summed E-state index contributed by atoms with van der Waals surface area (Å²) in [6, 6.07) is 1.14. The highest BCUT2D eigenvalue weighted by molar-refractivity contribution is 5.85. The van der Waals surface area contributed by atoms with Crippen molar-refractivity contribution in [3.63, 3.8) is 0 Å². The number of hydrogen-bond acceptors (Lipinski definition) is 3. The Balaban J connectivity index is 0.00000162. The zero-order valence-electron chi connectivity index (χ0n) is 12.2. The molecule has 0 bridgehead atoms. The monoisotopic (exact) mass is 276 g/mol. The van der Waals surface area contributed by atoms with E-state index >= 15 is 0 Å². The molecule has 1 N–H and O–H groups in total. The van der Waals surface area contributed by atoms with Gasteiger partial charge in [-0.25, -0.2) is 0 Å². The van der Waals surface area contributed by atoms with Crippen LogP contribution in [0.5, 0.6) is 0 Å². The van der Waals surface area contributed by atoms with Crippen LogP contribution in [0.4, 0.5) is 0 Å². The molecule has 108 valence electrons. The van der Waals surface area contributed by atoms with E-state index in [1.54, 1.807) is 0 Å². The smallest absolute Gasteiger partial charge is 0.132 e. The van der Waals surface area contributed by atoms with Crippen LogP contribution in [0.2, 0.25) is 0 Å². The first-order valence-electron chi connectivity index (χ1n) is 7.17. The van der Waals surface area contributed by atoms with Crippen molar-refractivity contribution >= 4 is 12.4 Å². The lowest BCUT2D eigenvalue weighted by molar-refractivity contribution is -0.157. The molecule has 2 rings (SSSR count). The predicted molar refractivity (Wildman–Crippen MR) is 78.3 cm³/mol. The molecule has 0 aromatic heterocycles. The Morgan fingerprint density at radius 2 is 2.06 bits per heavy atom. The summed E-state index contributed by atoms with van der Waals surface area (Å²) < 4.78 is 6.14. The van der Waals surface area contributed by atoms with Crippen molar-refractivity contribution in [1.82, 2.24) is 10.2 Å². The predicted octanol–water partition coefficient (Wildman–Crippen LogP) is 2.64. The number of nitrogens with zero attached hydrogens (tertiary/aromatic N) is 1. The summed E-state index contributed by atoms with van der Waals surface area (Å²) in [7, 11) is 0. The molecule has 2 aliphatic heterocycles. The number of halogens is 1. The number of rotatable bonds is 2. The SMILES string of the molecule is CC1CNC(C)(C2CCCCN2C(C)C)OC1.Cl. The van der Waals surface area contributed by atoms with Gasteiger partial charge in [-0.2, -0.15) is 0 Å². The third-order valence-corrected chi connectivity index (χ3v) is 4.31. The summed E-state index contributed by atoms with van der Waals surface area (Å²) in [4.78, 5) is 2.62. The Kier molecular flexibility index (Phi) is 5.91. The molecule has 0 aliphatic carbocycles. The Hall–Kier alpha value is 0.170. The van der Waals surface area contributed by atoms with Crippen LogP contribution in [0.3, 0.4) is 0 Å². The fourth-order valence-electron chi connectivity index (χ4n) is 3.18. The lowest BCUT2D eigenvalue weighted by Crippen LogP contribution is -2.66. The quantitative estimate of drug-likeness (QED) is 0.839. The maximum absolute atomic E-state index is 6.14. The average Bonchev–Trinajstić information content (AvgIpc) is 2.33. The maximum atomic E-state index is 6.14. The fourth-order valence-corrected chi connectivity index (χ4v) is 3.18. The second kappa shape index (κ2) is 6.56. The Morgan fingerprint density at radius 1 is 1.33 bits per heavy atom. The first-order chi connectivity index (χ1) is 8.03. The summed E-state index contributed by atoms with van der Waals surface area (Å²) >= 11 is 0. The van der Waals surface area contributed by atoms with Crippen LogP contribution in [-0.2, 0) is 4.74 Å². The third kappa shape index (κ3) is 3.38. The van der Waals surface area contributed by atoms with Gasteiger partial charge >= 0.3 is 0 Å². The lowest BCUT2D eigenvalue weighted by Gasteiger charge is -2.50. The van der Waals surface area contributed by atoms with Crippen LogP contribution in [0.25, 0.3) is 0 Å². The molecule has 3 nitrogen and oxygen atoms in total. The molecule has 18 heavy (non-hydrogen) atoms. The van der Waals surface area contributed by atoms with E-state index in [1.165, 1.54) is 25.8 Å². The first-order valence-corrected chi connectivity index (χ1v) is 7.17. The molecule has 2 saturated heterocycles. The van der Waals surface area contributed by atoms with Gasteiger partial charge < -0.3 is 4.74 Å². The average molecular weight is 277 g/mol. The number of hydrogen-bond donors (Lipinski definition) is 1. The van der Waals surface area contributed by atoms with Crippen molar-refractivity contribution in [2.75, 3.05) is 19.7 Å². The minimum Gasteiger partial charge on any atom is -0.359 e. The zero-order valence-corrected chi connectivity index (χ0v) is 13.1. The molecule has 0 saturated carbocycles. The van der Waals surface area contributed by atoms with Crippen LogP contribution in [0.1, 0.15) is 47.0 Å². The summed E-state index contributed by atoms with van der Waals surface area (Å²) in [6.45, 7) is 12.3. The Morgan fingerprint density at radius 3 is 2.61 bits per heavy atom. The van der Waals surface area contributed by atoms with Crippen molar-refractivity contribution in [3.05, 3.63) is 0 Å². The zero-order chi connectivity index (χ0) is 12.5. The van der Waals surface area contributed by atoms with Crippen molar-refractivity contribution in [2.45, 2.75) is 64.8 Å². The second-order valence-electron chi connectivity index (χ2n) is 6.25. The van der Waals surface area contributed by atoms with Crippen LogP contribution < -0.4 is 5.32 Å². The minimum absolute atomic E-state index is 0. The largest absolute Gasteiger partial charge is 0.359 e. The van der Waals surface area contributed by atoms with Crippen molar-refractivity contribution in [1.29, 1.82) is 0 Å². The molecular weight excluding hydrogens is 248 g/mol. The molecule has 0 aromatic carbocycles. The van der Waals surface area contributed by atoms with E-state index in [9.17, 15) is 0 Å². The normalized spacial score (nSPS) is 38.5. The lowest BCUT2D eigenvalue weighted by atomic mass is 9.90. The summed E-state index contributed by atoms with van der Waals surface area (Å²) in [5.41, 5.74) is -0.142. The maximum Gasteiger partial charge on any atom is 0.132 e. The molecular formula is C14H29ClN2O. The van der Waals surface area contributed by atoms with Gasteiger partial charge in [-0.3, -0.25) is 10.2 Å². The topological polar surface area (TPSA) is 24.5 Å². The Labute approximate surface area is 118 Å². The van der Waals surface area contributed by atoms with Gasteiger partial charge in [-0.05, 0) is 46.1 Å². The fraction of sp³-hybridized carbons (Fsp3) is 1.00. The molecule has 2 heterocycles. The molecule has 2 aliphatic rings. The van der Waals surface area contributed by atoms with E-state index in [-0.39, 0.29) is 18.1 Å². The summed E-state index contributed by atoms with van der Waals surface area (Å²) in [5, 5.41) is 3.64. The number of ether oxygens (including phenoxy) is 1. The molecule has 4 heteroatoms. The molecule has 3 atom stereocenters. The number of piperidine rings is 1. The minimum atomic E-state index is -0.142. The van der Waals surface area contributed by atoms with Gasteiger partial charge in [0.2, 0.25) is 0 Å². The molecule has 0 aromatic rings. The van der Waals surface area contributed by atoms with Crippen molar-refractivity contribution in [3.8, 4) is 0 Å². The van der Waals surface area contributed by atoms with Crippen LogP contribution >= 0.6 is 12.4 Å². The van der Waals surface area contributed by atoms with E-state index < -0.39 is 0 Å². The molecule has 0 amide bonds.